The quantitative estimate of drug-likeness (QED) is 0.713. The monoisotopic (exact) mass is 368 g/mol. The van der Waals surface area contributed by atoms with Crippen LogP contribution in [-0.4, -0.2) is 34.2 Å². The van der Waals surface area contributed by atoms with E-state index in [2.05, 4.69) is 23.9 Å². The summed E-state index contributed by atoms with van der Waals surface area (Å²) in [5.41, 5.74) is 4.06. The van der Waals surface area contributed by atoms with Gasteiger partial charge in [-0.3, -0.25) is 4.79 Å². The van der Waals surface area contributed by atoms with Crippen molar-refractivity contribution >= 4 is 17.2 Å². The second-order valence-corrected chi connectivity index (χ2v) is 7.52. The number of anilines is 1. The van der Waals surface area contributed by atoms with Gasteiger partial charge in [-0.1, -0.05) is 19.9 Å². The summed E-state index contributed by atoms with van der Waals surface area (Å²) in [6.45, 7) is 6.35. The van der Waals surface area contributed by atoms with Gasteiger partial charge in [-0.05, 0) is 17.7 Å². The molecule has 0 saturated carbocycles. The molecule has 1 amide bonds. The Labute approximate surface area is 156 Å². The number of fused-ring (bicyclic) bond motifs is 3. The molecule has 3 heterocycles. The van der Waals surface area contributed by atoms with Crippen LogP contribution in [0.4, 0.5) is 10.1 Å². The minimum atomic E-state index is -0.346. The molecule has 7 heteroatoms. The molecule has 4 rings (SSSR count). The lowest BCUT2D eigenvalue weighted by atomic mass is 9.90. The number of benzene rings is 1. The number of rotatable bonds is 3. The highest BCUT2D eigenvalue weighted by atomic mass is 19.1. The number of pyridine rings is 1. The number of hydrogen-bond donors (Lipinski definition) is 0. The second-order valence-electron chi connectivity index (χ2n) is 7.52. The van der Waals surface area contributed by atoms with Gasteiger partial charge in [-0.15, -0.1) is 0 Å². The molecule has 3 aromatic rings. The second kappa shape index (κ2) is 6.04. The van der Waals surface area contributed by atoms with Crippen molar-refractivity contribution in [1.29, 1.82) is 0 Å². The van der Waals surface area contributed by atoms with Gasteiger partial charge in [0.1, 0.15) is 17.9 Å². The van der Waals surface area contributed by atoms with E-state index in [1.165, 1.54) is 25.6 Å². The van der Waals surface area contributed by atoms with E-state index in [-0.39, 0.29) is 17.1 Å². The molecule has 0 saturated heterocycles. The molecule has 0 aliphatic carbocycles. The number of nitrogens with zero attached hydrogens (tertiary/aromatic N) is 4. The van der Waals surface area contributed by atoms with E-state index in [0.29, 0.717) is 18.7 Å². The molecule has 0 bridgehead atoms. The Hall–Kier alpha value is -2.96. The molecule has 27 heavy (non-hydrogen) atoms. The van der Waals surface area contributed by atoms with Gasteiger partial charge in [0.15, 0.2) is 5.65 Å². The molecule has 0 spiro atoms. The molecule has 0 radical (unpaired) electrons. The van der Waals surface area contributed by atoms with Crippen molar-refractivity contribution < 1.29 is 13.9 Å². The molecule has 0 atom stereocenters. The molecular formula is C20H21FN4O2. The SMILES string of the molecule is COc1cc(F)ccc1Cc1cc2c(n3ncnc13)C(C)(C)CN2C(C)=O. The maximum absolute atomic E-state index is 13.5. The van der Waals surface area contributed by atoms with E-state index in [1.807, 2.05) is 10.6 Å². The van der Waals surface area contributed by atoms with Crippen molar-refractivity contribution in [1.82, 2.24) is 14.6 Å². The summed E-state index contributed by atoms with van der Waals surface area (Å²) in [4.78, 5) is 18.4. The Kier molecular flexibility index (Phi) is 3.91. The number of halogens is 1. The molecule has 140 valence electrons. The summed E-state index contributed by atoms with van der Waals surface area (Å²) >= 11 is 0. The van der Waals surface area contributed by atoms with Crippen molar-refractivity contribution in [3.8, 4) is 5.75 Å². The molecular weight excluding hydrogens is 347 g/mol. The highest BCUT2D eigenvalue weighted by Gasteiger charge is 2.40. The highest BCUT2D eigenvalue weighted by Crippen LogP contribution is 2.42. The van der Waals surface area contributed by atoms with Crippen LogP contribution in [0.25, 0.3) is 5.65 Å². The Morgan fingerprint density at radius 2 is 2.07 bits per heavy atom. The van der Waals surface area contributed by atoms with Crippen LogP contribution in [0.2, 0.25) is 0 Å². The van der Waals surface area contributed by atoms with Gasteiger partial charge >= 0.3 is 0 Å². The first kappa shape index (κ1) is 17.5. The van der Waals surface area contributed by atoms with E-state index >= 15 is 0 Å². The van der Waals surface area contributed by atoms with Crippen molar-refractivity contribution in [3.05, 3.63) is 53.2 Å². The number of hydrogen-bond acceptors (Lipinski definition) is 4. The van der Waals surface area contributed by atoms with Crippen molar-refractivity contribution in [2.75, 3.05) is 18.6 Å². The van der Waals surface area contributed by atoms with E-state index in [9.17, 15) is 9.18 Å². The summed E-state index contributed by atoms with van der Waals surface area (Å²) in [6.07, 6.45) is 2.01. The van der Waals surface area contributed by atoms with Gasteiger partial charge in [0.2, 0.25) is 5.91 Å². The van der Waals surface area contributed by atoms with Crippen LogP contribution in [0.5, 0.6) is 5.75 Å². The topological polar surface area (TPSA) is 59.7 Å². The van der Waals surface area contributed by atoms with Gasteiger partial charge in [0.25, 0.3) is 0 Å². The Bertz CT molecular complexity index is 1060. The fourth-order valence-electron chi connectivity index (χ4n) is 3.91. The van der Waals surface area contributed by atoms with Gasteiger partial charge in [-0.25, -0.2) is 13.9 Å². The summed E-state index contributed by atoms with van der Waals surface area (Å²) in [5.74, 6) is 0.130. The van der Waals surface area contributed by atoms with Gasteiger partial charge < -0.3 is 9.64 Å². The number of methoxy groups -OCH3 is 1. The lowest BCUT2D eigenvalue weighted by Gasteiger charge is -2.19. The lowest BCUT2D eigenvalue weighted by molar-refractivity contribution is -0.116. The fourth-order valence-corrected chi connectivity index (χ4v) is 3.91. The predicted molar refractivity (Wildman–Crippen MR) is 99.8 cm³/mol. The summed E-state index contributed by atoms with van der Waals surface area (Å²) in [5, 5.41) is 4.42. The van der Waals surface area contributed by atoms with E-state index in [4.69, 9.17) is 4.74 Å². The van der Waals surface area contributed by atoms with Crippen LogP contribution >= 0.6 is 0 Å². The smallest absolute Gasteiger partial charge is 0.223 e. The summed E-state index contributed by atoms with van der Waals surface area (Å²) < 4.78 is 20.7. The average molecular weight is 368 g/mol. The maximum atomic E-state index is 13.5. The number of aromatic nitrogens is 3. The van der Waals surface area contributed by atoms with Crippen LogP contribution in [0, 0.1) is 5.82 Å². The van der Waals surface area contributed by atoms with Gasteiger partial charge in [0, 0.05) is 36.9 Å². The third kappa shape index (κ3) is 2.74. The Morgan fingerprint density at radius 1 is 1.30 bits per heavy atom. The van der Waals surface area contributed by atoms with Crippen LogP contribution in [0.3, 0.4) is 0 Å². The zero-order valence-electron chi connectivity index (χ0n) is 15.8. The van der Waals surface area contributed by atoms with Crippen molar-refractivity contribution in [2.45, 2.75) is 32.6 Å². The van der Waals surface area contributed by atoms with E-state index in [0.717, 1.165) is 28.2 Å². The fraction of sp³-hybridized carbons (Fsp3) is 0.350. The normalized spacial score (nSPS) is 15.2. The summed E-state index contributed by atoms with van der Waals surface area (Å²) in [7, 11) is 1.52. The van der Waals surface area contributed by atoms with E-state index in [1.54, 1.807) is 17.9 Å². The molecule has 1 aliphatic heterocycles. The van der Waals surface area contributed by atoms with Crippen molar-refractivity contribution in [3.63, 3.8) is 0 Å². The lowest BCUT2D eigenvalue weighted by Crippen LogP contribution is -2.32. The third-order valence-corrected chi connectivity index (χ3v) is 5.10. The average Bonchev–Trinajstić information content (AvgIpc) is 3.19. The zero-order chi connectivity index (χ0) is 19.3. The third-order valence-electron chi connectivity index (χ3n) is 5.10. The number of carbonyl (C=O) groups excluding carboxylic acids is 1. The first-order chi connectivity index (χ1) is 12.8. The first-order valence-corrected chi connectivity index (χ1v) is 8.78. The molecule has 6 nitrogen and oxygen atoms in total. The van der Waals surface area contributed by atoms with Gasteiger partial charge in [-0.2, -0.15) is 5.10 Å². The molecule has 0 fully saturated rings. The zero-order valence-corrected chi connectivity index (χ0v) is 15.8. The predicted octanol–water partition coefficient (Wildman–Crippen LogP) is 3.11. The minimum Gasteiger partial charge on any atom is -0.496 e. The molecule has 0 unspecified atom stereocenters. The van der Waals surface area contributed by atoms with Crippen LogP contribution in [0.1, 0.15) is 37.6 Å². The largest absolute Gasteiger partial charge is 0.496 e. The van der Waals surface area contributed by atoms with Crippen LogP contribution in [-0.2, 0) is 16.6 Å². The molecule has 0 N–H and O–H groups in total. The standard InChI is InChI=1S/C20H21FN4O2/c1-12(26)24-10-20(2,3)18-16(24)8-14(19-22-11-23-25(18)19)7-13-5-6-15(21)9-17(13)27-4/h5-6,8-9,11H,7,10H2,1-4H3. The highest BCUT2D eigenvalue weighted by molar-refractivity contribution is 5.95. The minimum absolute atomic E-state index is 0.00777. The maximum Gasteiger partial charge on any atom is 0.223 e. The summed E-state index contributed by atoms with van der Waals surface area (Å²) in [6, 6.07) is 6.49. The molecule has 1 aromatic carbocycles. The first-order valence-electron chi connectivity index (χ1n) is 8.78. The van der Waals surface area contributed by atoms with Crippen LogP contribution < -0.4 is 9.64 Å². The molecule has 1 aliphatic rings. The van der Waals surface area contributed by atoms with Gasteiger partial charge in [0.05, 0.1) is 18.5 Å². The Morgan fingerprint density at radius 3 is 2.78 bits per heavy atom. The van der Waals surface area contributed by atoms with E-state index < -0.39 is 0 Å². The molecule has 2 aromatic heterocycles. The number of amides is 1. The number of ether oxygens (including phenoxy) is 1. The van der Waals surface area contributed by atoms with Crippen molar-refractivity contribution in [2.24, 2.45) is 0 Å². The Balaban J connectivity index is 1.90. The van der Waals surface area contributed by atoms with Crippen LogP contribution in [0.15, 0.2) is 30.6 Å². The number of carbonyl (C=O) groups is 1.